The van der Waals surface area contributed by atoms with Gasteiger partial charge in [-0.2, -0.15) is 0 Å². The van der Waals surface area contributed by atoms with Crippen LogP contribution in [0, 0.1) is 0 Å². The molecule has 3 heterocycles. The highest BCUT2D eigenvalue weighted by molar-refractivity contribution is 5.78. The van der Waals surface area contributed by atoms with Crippen LogP contribution in [0.25, 0.3) is 22.3 Å². The topological polar surface area (TPSA) is 64.2 Å². The molecule has 0 aliphatic carbocycles. The minimum absolute atomic E-state index is 0.0560. The standard InChI is InChI=1S/C15H10N2O3/c18-12-7-11(17-15-10(12)2-1-5-16-15)9-3-4-13-14(6-9)20-8-19-13/h1-7H,8H2,(H,16,17,18). The Morgan fingerprint density at radius 3 is 2.95 bits per heavy atom. The zero-order valence-electron chi connectivity index (χ0n) is 10.4. The fourth-order valence-electron chi connectivity index (χ4n) is 2.30. The van der Waals surface area contributed by atoms with Crippen LogP contribution in [0.4, 0.5) is 0 Å². The molecule has 0 saturated carbocycles. The monoisotopic (exact) mass is 266 g/mol. The van der Waals surface area contributed by atoms with Gasteiger partial charge in [0.15, 0.2) is 16.9 Å². The fourth-order valence-corrected chi connectivity index (χ4v) is 2.30. The third-order valence-electron chi connectivity index (χ3n) is 3.29. The number of nitrogens with zero attached hydrogens (tertiary/aromatic N) is 1. The molecular formula is C15H10N2O3. The Kier molecular flexibility index (Phi) is 2.26. The second kappa shape index (κ2) is 4.09. The predicted molar refractivity (Wildman–Crippen MR) is 73.9 cm³/mol. The fraction of sp³-hybridized carbons (Fsp3) is 0.0667. The van der Waals surface area contributed by atoms with Crippen LogP contribution in [-0.4, -0.2) is 16.8 Å². The summed E-state index contributed by atoms with van der Waals surface area (Å²) >= 11 is 0. The summed E-state index contributed by atoms with van der Waals surface area (Å²) in [6.45, 7) is 0.231. The highest BCUT2D eigenvalue weighted by Crippen LogP contribution is 2.35. The largest absolute Gasteiger partial charge is 0.454 e. The molecular weight excluding hydrogens is 256 g/mol. The minimum Gasteiger partial charge on any atom is -0.454 e. The van der Waals surface area contributed by atoms with Crippen molar-refractivity contribution in [1.82, 2.24) is 9.97 Å². The van der Waals surface area contributed by atoms with E-state index in [1.165, 1.54) is 0 Å². The maximum Gasteiger partial charge on any atom is 0.231 e. The molecule has 5 heteroatoms. The lowest BCUT2D eigenvalue weighted by Gasteiger charge is -2.05. The van der Waals surface area contributed by atoms with E-state index >= 15 is 0 Å². The molecule has 0 amide bonds. The van der Waals surface area contributed by atoms with Crippen LogP contribution in [0.5, 0.6) is 11.5 Å². The molecule has 1 aromatic carbocycles. The van der Waals surface area contributed by atoms with Crippen LogP contribution in [0.1, 0.15) is 0 Å². The molecule has 1 N–H and O–H groups in total. The summed E-state index contributed by atoms with van der Waals surface area (Å²) in [5.41, 5.74) is 2.09. The van der Waals surface area contributed by atoms with Crippen LogP contribution in [0.15, 0.2) is 47.4 Å². The van der Waals surface area contributed by atoms with E-state index in [4.69, 9.17) is 9.47 Å². The first-order valence-corrected chi connectivity index (χ1v) is 6.19. The normalized spacial score (nSPS) is 12.8. The molecule has 2 aromatic heterocycles. The van der Waals surface area contributed by atoms with E-state index < -0.39 is 0 Å². The number of aromatic nitrogens is 2. The van der Waals surface area contributed by atoms with Gasteiger partial charge < -0.3 is 14.5 Å². The first-order chi connectivity index (χ1) is 9.81. The maximum atomic E-state index is 12.1. The van der Waals surface area contributed by atoms with Crippen molar-refractivity contribution in [2.75, 3.05) is 6.79 Å². The van der Waals surface area contributed by atoms with Crippen molar-refractivity contribution in [3.63, 3.8) is 0 Å². The number of nitrogens with one attached hydrogen (secondary N) is 1. The van der Waals surface area contributed by atoms with Gasteiger partial charge in [-0.15, -0.1) is 0 Å². The van der Waals surface area contributed by atoms with Crippen LogP contribution < -0.4 is 14.9 Å². The number of hydrogen-bond donors (Lipinski definition) is 1. The van der Waals surface area contributed by atoms with Gasteiger partial charge in [-0.05, 0) is 30.3 Å². The second-order valence-electron chi connectivity index (χ2n) is 4.51. The van der Waals surface area contributed by atoms with E-state index in [0.717, 1.165) is 11.3 Å². The van der Waals surface area contributed by atoms with E-state index in [1.807, 2.05) is 18.2 Å². The van der Waals surface area contributed by atoms with Gasteiger partial charge in [0.2, 0.25) is 6.79 Å². The van der Waals surface area contributed by atoms with Crippen LogP contribution in [-0.2, 0) is 0 Å². The molecule has 1 aliphatic rings. The average molecular weight is 266 g/mol. The molecule has 20 heavy (non-hydrogen) atoms. The highest BCUT2D eigenvalue weighted by atomic mass is 16.7. The van der Waals surface area contributed by atoms with E-state index in [0.29, 0.717) is 22.5 Å². The van der Waals surface area contributed by atoms with Crippen molar-refractivity contribution in [1.29, 1.82) is 0 Å². The maximum absolute atomic E-state index is 12.1. The molecule has 0 atom stereocenters. The summed E-state index contributed by atoms with van der Waals surface area (Å²) in [5.74, 6) is 1.40. The third kappa shape index (κ3) is 1.64. The van der Waals surface area contributed by atoms with E-state index in [9.17, 15) is 4.79 Å². The highest BCUT2D eigenvalue weighted by Gasteiger charge is 2.14. The summed E-state index contributed by atoms with van der Waals surface area (Å²) in [6.07, 6.45) is 1.65. The molecule has 1 aliphatic heterocycles. The second-order valence-corrected chi connectivity index (χ2v) is 4.51. The summed E-state index contributed by atoms with van der Waals surface area (Å²) in [6, 6.07) is 10.6. The Balaban J connectivity index is 1.92. The van der Waals surface area contributed by atoms with Gasteiger partial charge in [0.25, 0.3) is 0 Å². The van der Waals surface area contributed by atoms with Gasteiger partial charge in [0.1, 0.15) is 5.65 Å². The van der Waals surface area contributed by atoms with Crippen LogP contribution >= 0.6 is 0 Å². The Morgan fingerprint density at radius 1 is 1.10 bits per heavy atom. The third-order valence-corrected chi connectivity index (χ3v) is 3.29. The zero-order chi connectivity index (χ0) is 13.5. The van der Waals surface area contributed by atoms with Crippen molar-refractivity contribution in [3.05, 3.63) is 52.8 Å². The van der Waals surface area contributed by atoms with Crippen molar-refractivity contribution in [2.24, 2.45) is 0 Å². The van der Waals surface area contributed by atoms with Gasteiger partial charge in [0.05, 0.1) is 11.1 Å². The minimum atomic E-state index is -0.0560. The quantitative estimate of drug-likeness (QED) is 0.734. The summed E-state index contributed by atoms with van der Waals surface area (Å²) < 4.78 is 10.6. The predicted octanol–water partition coefficient (Wildman–Crippen LogP) is 2.32. The average Bonchev–Trinajstić information content (AvgIpc) is 2.94. The van der Waals surface area contributed by atoms with Crippen molar-refractivity contribution in [3.8, 4) is 22.8 Å². The molecule has 0 spiro atoms. The Morgan fingerprint density at radius 2 is 2.00 bits per heavy atom. The summed E-state index contributed by atoms with van der Waals surface area (Å²) in [5, 5.41) is 0.581. The molecule has 0 unspecified atom stereocenters. The number of aromatic amines is 1. The van der Waals surface area contributed by atoms with E-state index in [2.05, 4.69) is 9.97 Å². The van der Waals surface area contributed by atoms with Gasteiger partial charge in [-0.25, -0.2) is 4.98 Å². The Bertz CT molecular complexity index is 870. The van der Waals surface area contributed by atoms with Crippen molar-refractivity contribution in [2.45, 2.75) is 0 Å². The van der Waals surface area contributed by atoms with Crippen LogP contribution in [0.3, 0.4) is 0 Å². The molecule has 3 aromatic rings. The molecule has 0 radical (unpaired) electrons. The van der Waals surface area contributed by atoms with Gasteiger partial charge in [-0.3, -0.25) is 4.79 Å². The number of ether oxygens (including phenoxy) is 2. The first kappa shape index (κ1) is 11.0. The number of hydrogen-bond acceptors (Lipinski definition) is 4. The lowest BCUT2D eigenvalue weighted by molar-refractivity contribution is 0.174. The van der Waals surface area contributed by atoms with Gasteiger partial charge in [-0.1, -0.05) is 0 Å². The number of pyridine rings is 2. The lowest BCUT2D eigenvalue weighted by atomic mass is 10.1. The Labute approximate surface area is 113 Å². The molecule has 4 rings (SSSR count). The SMILES string of the molecule is O=c1cc(-c2ccc3c(c2)OCO3)[nH]c2ncccc12. The smallest absolute Gasteiger partial charge is 0.231 e. The molecule has 0 fully saturated rings. The molecule has 0 bridgehead atoms. The van der Waals surface area contributed by atoms with Gasteiger partial charge in [0, 0.05) is 17.8 Å². The van der Waals surface area contributed by atoms with Crippen molar-refractivity contribution >= 4 is 11.0 Å². The number of rotatable bonds is 1. The zero-order valence-corrected chi connectivity index (χ0v) is 10.4. The number of benzene rings is 1. The summed E-state index contributed by atoms with van der Waals surface area (Å²) in [4.78, 5) is 19.4. The summed E-state index contributed by atoms with van der Waals surface area (Å²) in [7, 11) is 0. The Hall–Kier alpha value is -2.82. The van der Waals surface area contributed by atoms with Crippen LogP contribution in [0.2, 0.25) is 0 Å². The first-order valence-electron chi connectivity index (χ1n) is 6.19. The molecule has 5 nitrogen and oxygen atoms in total. The van der Waals surface area contributed by atoms with Crippen molar-refractivity contribution < 1.29 is 9.47 Å². The van der Waals surface area contributed by atoms with Gasteiger partial charge >= 0.3 is 0 Å². The molecule has 98 valence electrons. The number of fused-ring (bicyclic) bond motifs is 2. The lowest BCUT2D eigenvalue weighted by Crippen LogP contribution is -2.03. The number of H-pyrrole nitrogens is 1. The van der Waals surface area contributed by atoms with E-state index in [-0.39, 0.29) is 12.2 Å². The van der Waals surface area contributed by atoms with E-state index in [1.54, 1.807) is 24.4 Å². The molecule has 0 saturated heterocycles.